The molecule has 0 saturated carbocycles. The summed E-state index contributed by atoms with van der Waals surface area (Å²) in [6.07, 6.45) is 0. The Morgan fingerprint density at radius 1 is 1.25 bits per heavy atom. The Morgan fingerprint density at radius 3 is 2.75 bits per heavy atom. The number of hydrogen-bond donors (Lipinski definition) is 2. The minimum Gasteiger partial charge on any atom is -0.332 e. The second-order valence-corrected chi connectivity index (χ2v) is 5.51. The summed E-state index contributed by atoms with van der Waals surface area (Å²) in [6, 6.07) is 7.61. The number of nitrogens with zero attached hydrogens (tertiary/aromatic N) is 2. The van der Waals surface area contributed by atoms with Crippen LogP contribution in [0.15, 0.2) is 24.3 Å². The molecule has 1 aliphatic heterocycles. The summed E-state index contributed by atoms with van der Waals surface area (Å²) in [7, 11) is 0. The van der Waals surface area contributed by atoms with Crippen LogP contribution in [0.5, 0.6) is 0 Å². The van der Waals surface area contributed by atoms with E-state index >= 15 is 0 Å². The summed E-state index contributed by atoms with van der Waals surface area (Å²) in [5, 5.41) is 6.18. The fourth-order valence-corrected chi connectivity index (χ4v) is 2.95. The van der Waals surface area contributed by atoms with Crippen LogP contribution in [0.1, 0.15) is 0 Å². The molecule has 1 fully saturated rings. The van der Waals surface area contributed by atoms with Crippen molar-refractivity contribution in [3.05, 3.63) is 24.3 Å². The average molecular weight is 290 g/mol. The van der Waals surface area contributed by atoms with Crippen LogP contribution in [0.2, 0.25) is 0 Å². The molecule has 1 aromatic heterocycles. The molecule has 0 aliphatic carbocycles. The fourth-order valence-electron chi connectivity index (χ4n) is 2.09. The molecule has 104 valence electrons. The molecule has 2 amide bonds. The Bertz CT molecular complexity index is 616. The smallest absolute Gasteiger partial charge is 0.315 e. The lowest BCUT2D eigenvalue weighted by Crippen LogP contribution is -2.49. The van der Waals surface area contributed by atoms with Gasteiger partial charge in [-0.25, -0.2) is 4.98 Å². The lowest BCUT2D eigenvalue weighted by molar-refractivity contribution is -0.143. The van der Waals surface area contributed by atoms with E-state index in [9.17, 15) is 9.59 Å². The van der Waals surface area contributed by atoms with E-state index in [1.165, 1.54) is 11.3 Å². The molecule has 1 aliphatic rings. The summed E-state index contributed by atoms with van der Waals surface area (Å²) in [4.78, 5) is 29.8. The maximum atomic E-state index is 12.0. The van der Waals surface area contributed by atoms with Crippen molar-refractivity contribution >= 4 is 38.5 Å². The number of hydrogen-bond acceptors (Lipinski definition) is 5. The van der Waals surface area contributed by atoms with Crippen molar-refractivity contribution in [3.8, 4) is 0 Å². The molecular weight excluding hydrogens is 276 g/mol. The molecule has 6 nitrogen and oxygen atoms in total. The minimum absolute atomic E-state index is 0.458. The van der Waals surface area contributed by atoms with Crippen molar-refractivity contribution in [3.63, 3.8) is 0 Å². The molecule has 1 aromatic carbocycles. The van der Waals surface area contributed by atoms with E-state index in [0.29, 0.717) is 18.2 Å². The number of benzene rings is 1. The topological polar surface area (TPSA) is 74.3 Å². The molecule has 0 atom stereocenters. The van der Waals surface area contributed by atoms with E-state index in [-0.39, 0.29) is 0 Å². The van der Waals surface area contributed by atoms with E-state index in [1.807, 2.05) is 24.3 Å². The highest BCUT2D eigenvalue weighted by Gasteiger charge is 2.23. The van der Waals surface area contributed by atoms with Crippen LogP contribution < -0.4 is 10.6 Å². The van der Waals surface area contributed by atoms with Gasteiger partial charge in [0.2, 0.25) is 0 Å². The van der Waals surface area contributed by atoms with Gasteiger partial charge in [-0.15, -0.1) is 0 Å². The monoisotopic (exact) mass is 290 g/mol. The summed E-state index contributed by atoms with van der Waals surface area (Å²) >= 11 is 1.36. The largest absolute Gasteiger partial charge is 0.332 e. The Labute approximate surface area is 119 Å². The summed E-state index contributed by atoms with van der Waals surface area (Å²) in [5.74, 6) is -1.11. The molecule has 7 heteroatoms. The number of fused-ring (bicyclic) bond motifs is 1. The second-order valence-electron chi connectivity index (χ2n) is 4.48. The van der Waals surface area contributed by atoms with Crippen LogP contribution in [-0.4, -0.2) is 47.9 Å². The molecule has 0 bridgehead atoms. The Balaban J connectivity index is 1.70. The van der Waals surface area contributed by atoms with Gasteiger partial charge >= 0.3 is 11.8 Å². The molecule has 20 heavy (non-hydrogen) atoms. The Hall–Kier alpha value is -1.99. The van der Waals surface area contributed by atoms with Gasteiger partial charge in [-0.05, 0) is 12.1 Å². The van der Waals surface area contributed by atoms with Crippen molar-refractivity contribution in [2.24, 2.45) is 0 Å². The second kappa shape index (κ2) is 5.56. The number of carbonyl (C=O) groups excluding carboxylic acids is 2. The van der Waals surface area contributed by atoms with Gasteiger partial charge in [0.15, 0.2) is 5.13 Å². The quantitative estimate of drug-likeness (QED) is 0.757. The van der Waals surface area contributed by atoms with Crippen LogP contribution in [-0.2, 0) is 9.59 Å². The first-order valence-corrected chi connectivity index (χ1v) is 7.22. The summed E-state index contributed by atoms with van der Waals surface area (Å²) < 4.78 is 0.984. The third kappa shape index (κ3) is 2.63. The highest BCUT2D eigenvalue weighted by molar-refractivity contribution is 7.22. The van der Waals surface area contributed by atoms with Crippen molar-refractivity contribution in [2.45, 2.75) is 0 Å². The first-order chi connectivity index (χ1) is 9.74. The number of para-hydroxylation sites is 1. The van der Waals surface area contributed by atoms with Gasteiger partial charge in [0.05, 0.1) is 10.2 Å². The van der Waals surface area contributed by atoms with E-state index in [0.717, 1.165) is 23.3 Å². The maximum Gasteiger partial charge on any atom is 0.315 e. The van der Waals surface area contributed by atoms with Crippen molar-refractivity contribution in [1.29, 1.82) is 0 Å². The van der Waals surface area contributed by atoms with Gasteiger partial charge in [0, 0.05) is 26.2 Å². The highest BCUT2D eigenvalue weighted by atomic mass is 32.1. The van der Waals surface area contributed by atoms with E-state index < -0.39 is 11.8 Å². The average Bonchev–Trinajstić information content (AvgIpc) is 2.89. The summed E-state index contributed by atoms with van der Waals surface area (Å²) in [5.41, 5.74) is 0.822. The standard InChI is InChI=1S/C13H14N4O2S/c18-11(12(19)17-7-5-14-6-8-17)16-13-15-9-3-1-2-4-10(9)20-13/h1-4,14H,5-8H2,(H,15,16,18). The van der Waals surface area contributed by atoms with Crippen LogP contribution in [0.4, 0.5) is 5.13 Å². The minimum atomic E-state index is -0.619. The predicted molar refractivity (Wildman–Crippen MR) is 77.7 cm³/mol. The fraction of sp³-hybridized carbons (Fsp3) is 0.308. The van der Waals surface area contributed by atoms with Crippen molar-refractivity contribution < 1.29 is 9.59 Å². The predicted octanol–water partition coefficient (Wildman–Crippen LogP) is 0.667. The highest BCUT2D eigenvalue weighted by Crippen LogP contribution is 2.25. The lowest BCUT2D eigenvalue weighted by Gasteiger charge is -2.26. The number of nitrogens with one attached hydrogen (secondary N) is 2. The SMILES string of the molecule is O=C(Nc1nc2ccccc2s1)C(=O)N1CCNCC1. The maximum absolute atomic E-state index is 12.0. The van der Waals surface area contributed by atoms with Crippen molar-refractivity contribution in [2.75, 3.05) is 31.5 Å². The zero-order valence-corrected chi connectivity index (χ0v) is 11.6. The molecule has 0 radical (unpaired) electrons. The van der Waals surface area contributed by atoms with E-state index in [1.54, 1.807) is 4.90 Å². The third-order valence-electron chi connectivity index (χ3n) is 3.11. The normalized spacial score (nSPS) is 15.3. The number of piperazine rings is 1. The van der Waals surface area contributed by atoms with Crippen LogP contribution >= 0.6 is 11.3 Å². The Morgan fingerprint density at radius 2 is 2.00 bits per heavy atom. The number of aromatic nitrogens is 1. The van der Waals surface area contributed by atoms with Crippen LogP contribution in [0.3, 0.4) is 0 Å². The molecule has 3 rings (SSSR count). The van der Waals surface area contributed by atoms with Gasteiger partial charge in [-0.3, -0.25) is 14.9 Å². The summed E-state index contributed by atoms with van der Waals surface area (Å²) in [6.45, 7) is 2.57. The van der Waals surface area contributed by atoms with Gasteiger partial charge in [-0.2, -0.15) is 0 Å². The first kappa shape index (κ1) is 13.0. The molecule has 2 aromatic rings. The van der Waals surface area contributed by atoms with Gasteiger partial charge in [-0.1, -0.05) is 23.5 Å². The Kier molecular flexibility index (Phi) is 3.62. The number of thiazole rings is 1. The molecule has 1 saturated heterocycles. The van der Waals surface area contributed by atoms with Crippen LogP contribution in [0.25, 0.3) is 10.2 Å². The van der Waals surface area contributed by atoms with Gasteiger partial charge < -0.3 is 10.2 Å². The van der Waals surface area contributed by atoms with Gasteiger partial charge in [0.1, 0.15) is 0 Å². The molecule has 2 N–H and O–H groups in total. The number of amides is 2. The molecule has 0 unspecified atom stereocenters. The first-order valence-electron chi connectivity index (χ1n) is 6.40. The molecular formula is C13H14N4O2S. The molecule has 0 spiro atoms. The van der Waals surface area contributed by atoms with Gasteiger partial charge in [0.25, 0.3) is 0 Å². The number of carbonyl (C=O) groups is 2. The number of rotatable bonds is 1. The number of anilines is 1. The zero-order chi connectivity index (χ0) is 13.9. The third-order valence-corrected chi connectivity index (χ3v) is 4.06. The van der Waals surface area contributed by atoms with E-state index in [2.05, 4.69) is 15.6 Å². The van der Waals surface area contributed by atoms with Crippen LogP contribution in [0, 0.1) is 0 Å². The lowest BCUT2D eigenvalue weighted by atomic mass is 10.3. The molecule has 2 heterocycles. The van der Waals surface area contributed by atoms with Crippen molar-refractivity contribution in [1.82, 2.24) is 15.2 Å². The zero-order valence-electron chi connectivity index (χ0n) is 10.8. The van der Waals surface area contributed by atoms with E-state index in [4.69, 9.17) is 0 Å².